The zero-order chi connectivity index (χ0) is 17.8. The molecular weight excluding hydrogens is 314 g/mol. The summed E-state index contributed by atoms with van der Waals surface area (Å²) in [6.45, 7) is 7.50. The molecule has 0 aromatic carbocycles. The van der Waals surface area contributed by atoms with E-state index in [9.17, 15) is 9.59 Å². The number of likely N-dealkylation sites (tertiary alicyclic amines) is 1. The van der Waals surface area contributed by atoms with Gasteiger partial charge in [0.1, 0.15) is 0 Å². The number of nitrogens with zero attached hydrogens (tertiary/aromatic N) is 2. The summed E-state index contributed by atoms with van der Waals surface area (Å²) in [5, 5.41) is 3.06. The Morgan fingerprint density at radius 3 is 2.40 bits per heavy atom. The van der Waals surface area contributed by atoms with Crippen LogP contribution in [-0.4, -0.2) is 40.8 Å². The minimum Gasteiger partial charge on any atom is -0.351 e. The summed E-state index contributed by atoms with van der Waals surface area (Å²) in [5.41, 5.74) is 2.45. The van der Waals surface area contributed by atoms with Crippen LogP contribution in [-0.2, 0) is 4.79 Å². The van der Waals surface area contributed by atoms with Crippen molar-refractivity contribution in [3.63, 3.8) is 0 Å². The third-order valence-electron chi connectivity index (χ3n) is 6.28. The van der Waals surface area contributed by atoms with Gasteiger partial charge in [-0.05, 0) is 64.5 Å². The van der Waals surface area contributed by atoms with Gasteiger partial charge in [0, 0.05) is 30.7 Å². The molecule has 1 aromatic heterocycles. The van der Waals surface area contributed by atoms with Crippen LogP contribution >= 0.6 is 0 Å². The maximum Gasteiger partial charge on any atom is 0.255 e. The van der Waals surface area contributed by atoms with E-state index in [1.807, 2.05) is 37.8 Å². The van der Waals surface area contributed by atoms with Crippen molar-refractivity contribution in [2.75, 3.05) is 13.1 Å². The number of hydrogen-bond acceptors (Lipinski definition) is 3. The van der Waals surface area contributed by atoms with Crippen LogP contribution in [0.5, 0.6) is 0 Å². The molecule has 2 saturated heterocycles. The van der Waals surface area contributed by atoms with Gasteiger partial charge in [0.25, 0.3) is 5.91 Å². The van der Waals surface area contributed by atoms with Gasteiger partial charge in [-0.2, -0.15) is 0 Å². The molecule has 5 heteroatoms. The number of aromatic nitrogens is 1. The quantitative estimate of drug-likeness (QED) is 0.860. The number of amides is 2. The summed E-state index contributed by atoms with van der Waals surface area (Å²) in [7, 11) is 0. The van der Waals surface area contributed by atoms with Gasteiger partial charge in [-0.15, -0.1) is 0 Å². The highest BCUT2D eigenvalue weighted by Crippen LogP contribution is 2.40. The van der Waals surface area contributed by atoms with E-state index in [-0.39, 0.29) is 23.3 Å². The van der Waals surface area contributed by atoms with Gasteiger partial charge >= 0.3 is 0 Å². The second kappa shape index (κ2) is 5.82. The highest BCUT2D eigenvalue weighted by atomic mass is 16.2. The van der Waals surface area contributed by atoms with Crippen molar-refractivity contribution in [2.24, 2.45) is 11.3 Å². The molecule has 1 N–H and O–H groups in total. The number of rotatable bonds is 3. The summed E-state index contributed by atoms with van der Waals surface area (Å²) >= 11 is 0. The molecule has 3 fully saturated rings. The lowest BCUT2D eigenvalue weighted by molar-refractivity contribution is -0.146. The average Bonchev–Trinajstić information content (AvgIpc) is 3.44. The SMILES string of the molecule is Cc1nc(C2CC2)ccc1C(=O)N1CCC(C2NC(=O)C2(C)C)CC1. The van der Waals surface area contributed by atoms with Crippen molar-refractivity contribution < 1.29 is 9.59 Å². The Morgan fingerprint density at radius 1 is 1.20 bits per heavy atom. The topological polar surface area (TPSA) is 62.3 Å². The lowest BCUT2D eigenvalue weighted by Crippen LogP contribution is -2.68. The Hall–Kier alpha value is -1.91. The molecule has 1 unspecified atom stereocenters. The molecule has 1 atom stereocenters. The standard InChI is InChI=1S/C20H27N3O2/c1-12-15(6-7-16(21-12)13-4-5-13)18(24)23-10-8-14(9-11-23)17-20(2,3)19(25)22-17/h6-7,13-14,17H,4-5,8-11H2,1-3H3,(H,22,25). The molecule has 1 saturated carbocycles. The van der Waals surface area contributed by atoms with Crippen molar-refractivity contribution in [2.45, 2.75) is 58.4 Å². The van der Waals surface area contributed by atoms with E-state index < -0.39 is 0 Å². The number of carbonyl (C=O) groups is 2. The minimum atomic E-state index is -0.268. The maximum absolute atomic E-state index is 12.9. The fourth-order valence-corrected chi connectivity index (χ4v) is 4.30. The van der Waals surface area contributed by atoms with Crippen LogP contribution in [0.4, 0.5) is 0 Å². The largest absolute Gasteiger partial charge is 0.351 e. The lowest BCUT2D eigenvalue weighted by atomic mass is 9.68. The van der Waals surface area contributed by atoms with Crippen LogP contribution in [0.3, 0.4) is 0 Å². The summed E-state index contributed by atoms with van der Waals surface area (Å²) in [4.78, 5) is 31.2. The van der Waals surface area contributed by atoms with E-state index in [2.05, 4.69) is 10.3 Å². The highest BCUT2D eigenvalue weighted by Gasteiger charge is 2.51. The second-order valence-corrected chi connectivity index (χ2v) is 8.45. The van der Waals surface area contributed by atoms with Crippen molar-refractivity contribution >= 4 is 11.8 Å². The molecule has 25 heavy (non-hydrogen) atoms. The molecule has 5 nitrogen and oxygen atoms in total. The van der Waals surface area contributed by atoms with Crippen LogP contribution in [0.1, 0.15) is 67.2 Å². The average molecular weight is 341 g/mol. The van der Waals surface area contributed by atoms with E-state index in [4.69, 9.17) is 0 Å². The minimum absolute atomic E-state index is 0.0997. The predicted octanol–water partition coefficient (Wildman–Crippen LogP) is 2.64. The summed E-state index contributed by atoms with van der Waals surface area (Å²) < 4.78 is 0. The number of nitrogens with one attached hydrogen (secondary N) is 1. The molecule has 0 spiro atoms. The monoisotopic (exact) mass is 341 g/mol. The molecule has 2 aliphatic heterocycles. The first-order valence-electron chi connectivity index (χ1n) is 9.45. The van der Waals surface area contributed by atoms with Crippen molar-refractivity contribution in [1.29, 1.82) is 0 Å². The molecule has 3 aliphatic rings. The van der Waals surface area contributed by atoms with Crippen LogP contribution in [0.15, 0.2) is 12.1 Å². The number of aryl methyl sites for hydroxylation is 1. The second-order valence-electron chi connectivity index (χ2n) is 8.45. The Kier molecular flexibility index (Phi) is 3.85. The van der Waals surface area contributed by atoms with E-state index in [1.165, 1.54) is 12.8 Å². The fraction of sp³-hybridized carbons (Fsp3) is 0.650. The zero-order valence-electron chi connectivity index (χ0n) is 15.3. The summed E-state index contributed by atoms with van der Waals surface area (Å²) in [6.07, 6.45) is 4.35. The maximum atomic E-state index is 12.9. The van der Waals surface area contributed by atoms with Gasteiger partial charge in [-0.25, -0.2) is 0 Å². The molecule has 2 amide bonds. The molecule has 1 aromatic rings. The first kappa shape index (κ1) is 16.6. The van der Waals surface area contributed by atoms with Gasteiger partial charge in [0.05, 0.1) is 16.7 Å². The number of carbonyl (C=O) groups excluding carboxylic acids is 2. The molecule has 0 radical (unpaired) electrons. The first-order chi connectivity index (χ1) is 11.9. The van der Waals surface area contributed by atoms with Crippen LogP contribution in [0.2, 0.25) is 0 Å². The Labute approximate surface area is 149 Å². The van der Waals surface area contributed by atoms with Crippen LogP contribution in [0, 0.1) is 18.3 Å². The normalized spacial score (nSPS) is 26.1. The number of hydrogen-bond donors (Lipinski definition) is 1. The number of β-lactam (4-membered cyclic amide) rings is 1. The van der Waals surface area contributed by atoms with Crippen LogP contribution in [0.25, 0.3) is 0 Å². The Morgan fingerprint density at radius 2 is 1.88 bits per heavy atom. The smallest absolute Gasteiger partial charge is 0.255 e. The Bertz CT molecular complexity index is 716. The highest BCUT2D eigenvalue weighted by molar-refractivity contribution is 5.95. The predicted molar refractivity (Wildman–Crippen MR) is 95.3 cm³/mol. The van der Waals surface area contributed by atoms with E-state index in [0.717, 1.165) is 42.9 Å². The van der Waals surface area contributed by atoms with E-state index >= 15 is 0 Å². The van der Waals surface area contributed by atoms with Crippen molar-refractivity contribution in [1.82, 2.24) is 15.2 Å². The first-order valence-corrected chi connectivity index (χ1v) is 9.45. The van der Waals surface area contributed by atoms with E-state index in [1.54, 1.807) is 0 Å². The number of piperidine rings is 1. The number of pyridine rings is 1. The van der Waals surface area contributed by atoms with Gasteiger partial charge in [0.15, 0.2) is 0 Å². The third kappa shape index (κ3) is 2.83. The molecule has 1 aliphatic carbocycles. The van der Waals surface area contributed by atoms with E-state index in [0.29, 0.717) is 11.8 Å². The van der Waals surface area contributed by atoms with Gasteiger partial charge < -0.3 is 10.2 Å². The fourth-order valence-electron chi connectivity index (χ4n) is 4.30. The molecular formula is C20H27N3O2. The molecule has 0 bridgehead atoms. The summed E-state index contributed by atoms with van der Waals surface area (Å²) in [6, 6.07) is 4.23. The Balaban J connectivity index is 1.39. The molecule has 3 heterocycles. The summed E-state index contributed by atoms with van der Waals surface area (Å²) in [5.74, 6) is 1.32. The van der Waals surface area contributed by atoms with Crippen molar-refractivity contribution in [3.05, 3.63) is 29.1 Å². The van der Waals surface area contributed by atoms with Gasteiger partial charge in [-0.3, -0.25) is 14.6 Å². The van der Waals surface area contributed by atoms with Gasteiger partial charge in [0.2, 0.25) is 5.91 Å². The van der Waals surface area contributed by atoms with Gasteiger partial charge in [-0.1, -0.05) is 0 Å². The molecule has 4 rings (SSSR count). The molecule has 134 valence electrons. The lowest BCUT2D eigenvalue weighted by Gasteiger charge is -2.50. The van der Waals surface area contributed by atoms with Crippen molar-refractivity contribution in [3.8, 4) is 0 Å². The zero-order valence-corrected chi connectivity index (χ0v) is 15.3. The van der Waals surface area contributed by atoms with Crippen LogP contribution < -0.4 is 5.32 Å². The third-order valence-corrected chi connectivity index (χ3v) is 6.28.